The first kappa shape index (κ1) is 13.1. The van der Waals surface area contributed by atoms with Crippen molar-refractivity contribution in [1.82, 2.24) is 0 Å². The van der Waals surface area contributed by atoms with Crippen molar-refractivity contribution >= 4 is 11.5 Å². The van der Waals surface area contributed by atoms with Crippen LogP contribution in [0.25, 0.3) is 0 Å². The van der Waals surface area contributed by atoms with Crippen molar-refractivity contribution in [3.05, 3.63) is 60.2 Å². The van der Waals surface area contributed by atoms with Crippen molar-refractivity contribution in [3.63, 3.8) is 0 Å². The lowest BCUT2D eigenvalue weighted by molar-refractivity contribution is 0.242. The zero-order valence-corrected chi connectivity index (χ0v) is 11.2. The molecule has 3 heteroatoms. The Labute approximate surface area is 113 Å². The molecule has 3 nitrogen and oxygen atoms in total. The summed E-state index contributed by atoms with van der Waals surface area (Å²) >= 11 is 0. The fraction of sp³-hybridized carbons (Fsp3) is 0.188. The molecule has 0 aromatic heterocycles. The fourth-order valence-corrected chi connectivity index (χ4v) is 1.68. The van der Waals surface area contributed by atoms with Gasteiger partial charge in [-0.3, -0.25) is 0 Å². The van der Waals surface area contributed by atoms with Crippen LogP contribution in [0.15, 0.2) is 59.6 Å². The molecule has 0 bridgehead atoms. The third-order valence-corrected chi connectivity index (χ3v) is 2.53. The summed E-state index contributed by atoms with van der Waals surface area (Å²) in [7, 11) is 0. The summed E-state index contributed by atoms with van der Waals surface area (Å²) in [4.78, 5) is 4.39. The molecule has 2 aromatic carbocycles. The number of ether oxygens (including phenoxy) is 1. The molecule has 0 saturated carbocycles. The van der Waals surface area contributed by atoms with Crippen molar-refractivity contribution in [1.29, 1.82) is 0 Å². The van der Waals surface area contributed by atoms with E-state index in [1.165, 1.54) is 0 Å². The molecule has 0 aliphatic heterocycles. The van der Waals surface area contributed by atoms with Crippen molar-refractivity contribution in [3.8, 4) is 5.75 Å². The van der Waals surface area contributed by atoms with Crippen LogP contribution in [0.1, 0.15) is 19.4 Å². The van der Waals surface area contributed by atoms with E-state index >= 15 is 0 Å². The van der Waals surface area contributed by atoms with Crippen LogP contribution in [0.4, 0.5) is 5.69 Å². The molecule has 98 valence electrons. The van der Waals surface area contributed by atoms with Gasteiger partial charge in [-0.2, -0.15) is 0 Å². The van der Waals surface area contributed by atoms with Gasteiger partial charge in [0.25, 0.3) is 0 Å². The monoisotopic (exact) mass is 254 g/mol. The molecule has 0 heterocycles. The highest BCUT2D eigenvalue weighted by molar-refractivity contribution is 5.98. The molecule has 0 fully saturated rings. The number of nitrogens with two attached hydrogens (primary N) is 1. The minimum Gasteiger partial charge on any atom is -0.491 e. The first-order chi connectivity index (χ1) is 9.15. The molecule has 0 radical (unpaired) electrons. The van der Waals surface area contributed by atoms with E-state index in [2.05, 4.69) is 4.99 Å². The summed E-state index contributed by atoms with van der Waals surface area (Å²) < 4.78 is 5.58. The Kier molecular flexibility index (Phi) is 4.18. The largest absolute Gasteiger partial charge is 0.491 e. The quantitative estimate of drug-likeness (QED) is 0.670. The van der Waals surface area contributed by atoms with Gasteiger partial charge in [-0.1, -0.05) is 30.3 Å². The summed E-state index contributed by atoms with van der Waals surface area (Å²) in [5.41, 5.74) is 7.70. The van der Waals surface area contributed by atoms with Crippen LogP contribution in [-0.2, 0) is 0 Å². The van der Waals surface area contributed by atoms with Gasteiger partial charge in [0.2, 0.25) is 0 Å². The summed E-state index contributed by atoms with van der Waals surface area (Å²) in [6.45, 7) is 4.00. The highest BCUT2D eigenvalue weighted by Gasteiger charge is 1.99. The van der Waals surface area contributed by atoms with Gasteiger partial charge in [-0.05, 0) is 38.1 Å². The Balaban J connectivity index is 2.15. The Hall–Kier alpha value is -2.29. The molecule has 0 aliphatic carbocycles. The van der Waals surface area contributed by atoms with Gasteiger partial charge in [-0.25, -0.2) is 4.99 Å². The van der Waals surface area contributed by atoms with E-state index in [0.717, 1.165) is 17.0 Å². The number of hydrogen-bond acceptors (Lipinski definition) is 2. The molecule has 0 saturated heterocycles. The Bertz CT molecular complexity index is 545. The van der Waals surface area contributed by atoms with Crippen LogP contribution < -0.4 is 10.5 Å². The molecular weight excluding hydrogens is 236 g/mol. The first-order valence-corrected chi connectivity index (χ1v) is 6.31. The lowest BCUT2D eigenvalue weighted by Gasteiger charge is -2.09. The second-order valence-corrected chi connectivity index (χ2v) is 4.52. The van der Waals surface area contributed by atoms with Gasteiger partial charge in [0, 0.05) is 5.56 Å². The van der Waals surface area contributed by atoms with Gasteiger partial charge >= 0.3 is 0 Å². The summed E-state index contributed by atoms with van der Waals surface area (Å²) in [6.07, 6.45) is 0.170. The standard InChI is InChI=1S/C16H18N2O/c1-12(2)19-15-10-8-14(9-11-15)18-16(17)13-6-4-3-5-7-13/h3-12H,1-2H3,(H2,17,18). The molecule has 0 spiro atoms. The molecule has 0 aliphatic rings. The first-order valence-electron chi connectivity index (χ1n) is 6.31. The maximum atomic E-state index is 5.96. The maximum Gasteiger partial charge on any atom is 0.131 e. The molecule has 2 rings (SSSR count). The highest BCUT2D eigenvalue weighted by atomic mass is 16.5. The zero-order valence-electron chi connectivity index (χ0n) is 11.2. The van der Waals surface area contributed by atoms with Crippen LogP contribution in [0.2, 0.25) is 0 Å². The van der Waals surface area contributed by atoms with E-state index in [1.807, 2.05) is 68.4 Å². The predicted octanol–water partition coefficient (Wildman–Crippen LogP) is 3.51. The predicted molar refractivity (Wildman–Crippen MR) is 79.0 cm³/mol. The normalized spacial score (nSPS) is 11.6. The van der Waals surface area contributed by atoms with Crippen LogP contribution in [-0.4, -0.2) is 11.9 Å². The van der Waals surface area contributed by atoms with Gasteiger partial charge in [0.1, 0.15) is 11.6 Å². The highest BCUT2D eigenvalue weighted by Crippen LogP contribution is 2.19. The number of hydrogen-bond donors (Lipinski definition) is 1. The summed E-state index contributed by atoms with van der Waals surface area (Å²) in [5, 5.41) is 0. The topological polar surface area (TPSA) is 47.6 Å². The van der Waals surface area contributed by atoms with Crippen LogP contribution in [0, 0.1) is 0 Å². The number of benzene rings is 2. The third-order valence-electron chi connectivity index (χ3n) is 2.53. The van der Waals surface area contributed by atoms with Gasteiger partial charge in [0.05, 0.1) is 11.8 Å². The summed E-state index contributed by atoms with van der Waals surface area (Å²) in [5.74, 6) is 1.35. The van der Waals surface area contributed by atoms with E-state index < -0.39 is 0 Å². The van der Waals surface area contributed by atoms with Crippen LogP contribution in [0.5, 0.6) is 5.75 Å². The second-order valence-electron chi connectivity index (χ2n) is 4.52. The minimum absolute atomic E-state index is 0.170. The molecule has 0 amide bonds. The minimum atomic E-state index is 0.170. The number of amidine groups is 1. The molecule has 0 unspecified atom stereocenters. The van der Waals surface area contributed by atoms with E-state index in [4.69, 9.17) is 10.5 Å². The Morgan fingerprint density at radius 2 is 1.63 bits per heavy atom. The zero-order chi connectivity index (χ0) is 13.7. The maximum absolute atomic E-state index is 5.96. The summed E-state index contributed by atoms with van der Waals surface area (Å²) in [6, 6.07) is 17.3. The molecule has 2 aromatic rings. The van der Waals surface area contributed by atoms with Gasteiger partial charge < -0.3 is 10.5 Å². The van der Waals surface area contributed by atoms with Crippen molar-refractivity contribution in [2.75, 3.05) is 0 Å². The Morgan fingerprint density at radius 1 is 1.00 bits per heavy atom. The SMILES string of the molecule is CC(C)Oc1ccc(N=C(N)c2ccccc2)cc1. The molecular formula is C16H18N2O. The van der Waals surface area contributed by atoms with Crippen molar-refractivity contribution in [2.45, 2.75) is 20.0 Å². The number of aliphatic imine (C=N–C) groups is 1. The van der Waals surface area contributed by atoms with E-state index in [9.17, 15) is 0 Å². The number of rotatable bonds is 4. The average Bonchev–Trinajstić information content (AvgIpc) is 2.41. The second kappa shape index (κ2) is 6.05. The van der Waals surface area contributed by atoms with E-state index in [-0.39, 0.29) is 6.10 Å². The van der Waals surface area contributed by atoms with Gasteiger partial charge in [0.15, 0.2) is 0 Å². The van der Waals surface area contributed by atoms with E-state index in [0.29, 0.717) is 5.84 Å². The molecule has 2 N–H and O–H groups in total. The van der Waals surface area contributed by atoms with Crippen molar-refractivity contribution in [2.24, 2.45) is 10.7 Å². The van der Waals surface area contributed by atoms with Crippen molar-refractivity contribution < 1.29 is 4.74 Å². The smallest absolute Gasteiger partial charge is 0.131 e. The average molecular weight is 254 g/mol. The molecule has 19 heavy (non-hydrogen) atoms. The lowest BCUT2D eigenvalue weighted by Crippen LogP contribution is -2.12. The van der Waals surface area contributed by atoms with Crippen LogP contribution >= 0.6 is 0 Å². The fourth-order valence-electron chi connectivity index (χ4n) is 1.68. The van der Waals surface area contributed by atoms with Gasteiger partial charge in [-0.15, -0.1) is 0 Å². The van der Waals surface area contributed by atoms with E-state index in [1.54, 1.807) is 0 Å². The number of nitrogens with zero attached hydrogens (tertiary/aromatic N) is 1. The van der Waals surface area contributed by atoms with Crippen LogP contribution in [0.3, 0.4) is 0 Å². The Morgan fingerprint density at radius 3 is 2.21 bits per heavy atom. The third kappa shape index (κ3) is 3.85. The lowest BCUT2D eigenvalue weighted by atomic mass is 10.2. The molecule has 0 atom stereocenters.